The molecule has 0 unspecified atom stereocenters. The molecule has 0 aliphatic heterocycles. The summed E-state index contributed by atoms with van der Waals surface area (Å²) in [5.74, 6) is 0. The summed E-state index contributed by atoms with van der Waals surface area (Å²) in [6.07, 6.45) is 1.42. The lowest BCUT2D eigenvalue weighted by Crippen LogP contribution is -2.30. The summed E-state index contributed by atoms with van der Waals surface area (Å²) in [7, 11) is -1.50. The van der Waals surface area contributed by atoms with E-state index in [0.29, 0.717) is 11.2 Å². The van der Waals surface area contributed by atoms with Crippen LogP contribution in [-0.4, -0.2) is 27.4 Å². The number of nitrogens with zero attached hydrogens (tertiary/aromatic N) is 1. The van der Waals surface area contributed by atoms with Gasteiger partial charge in [0.1, 0.15) is 0 Å². The van der Waals surface area contributed by atoms with Gasteiger partial charge >= 0.3 is 7.12 Å². The van der Waals surface area contributed by atoms with E-state index in [1.54, 1.807) is 0 Å². The first-order valence-electron chi connectivity index (χ1n) is 4.65. The summed E-state index contributed by atoms with van der Waals surface area (Å²) in [6, 6.07) is 7.75. The van der Waals surface area contributed by atoms with E-state index < -0.39 is 7.12 Å². The van der Waals surface area contributed by atoms with Gasteiger partial charge in [-0.05, 0) is 12.5 Å². The molecule has 0 atom stereocenters. The molecule has 0 amide bonds. The number of rotatable bonds is 2. The lowest BCUT2D eigenvalue weighted by Gasteiger charge is -2.02. The first kappa shape index (κ1) is 9.95. The maximum Gasteiger partial charge on any atom is 0.492 e. The van der Waals surface area contributed by atoms with Crippen molar-refractivity contribution < 1.29 is 10.0 Å². The highest BCUT2D eigenvalue weighted by Crippen LogP contribution is 2.15. The molecule has 4 nitrogen and oxygen atoms in total. The summed E-state index contributed by atoms with van der Waals surface area (Å²) < 4.78 is 0. The van der Waals surface area contributed by atoms with E-state index in [1.165, 1.54) is 6.20 Å². The maximum atomic E-state index is 9.10. The van der Waals surface area contributed by atoms with Crippen LogP contribution in [0.5, 0.6) is 0 Å². The van der Waals surface area contributed by atoms with Crippen LogP contribution in [0.3, 0.4) is 0 Å². The van der Waals surface area contributed by atoms with Gasteiger partial charge < -0.3 is 10.0 Å². The zero-order chi connectivity index (χ0) is 10.8. The van der Waals surface area contributed by atoms with Crippen LogP contribution in [0, 0.1) is 6.92 Å². The van der Waals surface area contributed by atoms with Gasteiger partial charge in [-0.3, -0.25) is 5.10 Å². The second-order valence-corrected chi connectivity index (χ2v) is 3.44. The lowest BCUT2D eigenvalue weighted by molar-refractivity contribution is 0.426. The van der Waals surface area contributed by atoms with E-state index in [1.807, 2.05) is 31.2 Å². The molecule has 2 aromatic rings. The number of aryl methyl sites for hydroxylation is 1. The molecule has 15 heavy (non-hydrogen) atoms. The first-order valence-corrected chi connectivity index (χ1v) is 4.65. The van der Waals surface area contributed by atoms with E-state index >= 15 is 0 Å². The van der Waals surface area contributed by atoms with Crippen LogP contribution < -0.4 is 5.46 Å². The van der Waals surface area contributed by atoms with Crippen LogP contribution in [0.1, 0.15) is 5.56 Å². The maximum absolute atomic E-state index is 9.10. The molecule has 0 saturated heterocycles. The standard InChI is InChI=1S/C10H11BN2O2/c1-7-2-4-8(5-3-7)10-9(11(14)15)6-12-13-10/h2-6,14-15H,1H3,(H,12,13). The Morgan fingerprint density at radius 3 is 2.47 bits per heavy atom. The predicted molar refractivity (Wildman–Crippen MR) is 58.6 cm³/mol. The number of aromatic amines is 1. The molecule has 1 heterocycles. The molecule has 2 rings (SSSR count). The minimum absolute atomic E-state index is 0.388. The molecule has 0 spiro atoms. The third-order valence-corrected chi connectivity index (χ3v) is 2.29. The molecular formula is C10H11BN2O2. The average molecular weight is 202 g/mol. The van der Waals surface area contributed by atoms with Crippen LogP contribution in [-0.2, 0) is 0 Å². The van der Waals surface area contributed by atoms with Crippen molar-refractivity contribution in [2.24, 2.45) is 0 Å². The minimum atomic E-state index is -1.50. The van der Waals surface area contributed by atoms with E-state index in [-0.39, 0.29) is 0 Å². The summed E-state index contributed by atoms with van der Waals surface area (Å²) in [5, 5.41) is 24.8. The second-order valence-electron chi connectivity index (χ2n) is 3.44. The van der Waals surface area contributed by atoms with Crippen LogP contribution in [0.2, 0.25) is 0 Å². The third kappa shape index (κ3) is 1.93. The summed E-state index contributed by atoms with van der Waals surface area (Å²) >= 11 is 0. The molecular weight excluding hydrogens is 191 g/mol. The smallest absolute Gasteiger partial charge is 0.423 e. The Morgan fingerprint density at radius 1 is 1.20 bits per heavy atom. The van der Waals surface area contributed by atoms with E-state index in [4.69, 9.17) is 10.0 Å². The normalized spacial score (nSPS) is 10.3. The van der Waals surface area contributed by atoms with Gasteiger partial charge in [-0.25, -0.2) is 0 Å². The van der Waals surface area contributed by atoms with Crippen molar-refractivity contribution in [3.05, 3.63) is 36.0 Å². The van der Waals surface area contributed by atoms with Gasteiger partial charge in [-0.2, -0.15) is 5.10 Å². The Kier molecular flexibility index (Phi) is 2.57. The molecule has 0 aliphatic rings. The van der Waals surface area contributed by atoms with Crippen LogP contribution >= 0.6 is 0 Å². The van der Waals surface area contributed by atoms with Crippen LogP contribution in [0.15, 0.2) is 30.5 Å². The van der Waals surface area contributed by atoms with Crippen molar-refractivity contribution in [3.63, 3.8) is 0 Å². The molecule has 3 N–H and O–H groups in total. The van der Waals surface area contributed by atoms with Crippen molar-refractivity contribution in [1.82, 2.24) is 10.2 Å². The average Bonchev–Trinajstić information content (AvgIpc) is 2.67. The molecule has 1 aromatic carbocycles. The Labute approximate surface area is 87.7 Å². The van der Waals surface area contributed by atoms with E-state index in [0.717, 1.165) is 11.1 Å². The molecule has 5 heteroatoms. The van der Waals surface area contributed by atoms with Gasteiger partial charge in [-0.15, -0.1) is 0 Å². The van der Waals surface area contributed by atoms with Gasteiger partial charge in [0.25, 0.3) is 0 Å². The molecule has 1 aromatic heterocycles. The third-order valence-electron chi connectivity index (χ3n) is 2.29. The minimum Gasteiger partial charge on any atom is -0.423 e. The van der Waals surface area contributed by atoms with Gasteiger partial charge in [0.15, 0.2) is 0 Å². The summed E-state index contributed by atoms with van der Waals surface area (Å²) in [5.41, 5.74) is 3.08. The van der Waals surface area contributed by atoms with Crippen molar-refractivity contribution in [1.29, 1.82) is 0 Å². The summed E-state index contributed by atoms with van der Waals surface area (Å²) in [6.45, 7) is 2.00. The van der Waals surface area contributed by atoms with E-state index in [2.05, 4.69) is 10.2 Å². The monoisotopic (exact) mass is 202 g/mol. The SMILES string of the molecule is Cc1ccc(-c2[nH]ncc2B(O)O)cc1. The number of hydrogen-bond acceptors (Lipinski definition) is 3. The largest absolute Gasteiger partial charge is 0.492 e. The zero-order valence-electron chi connectivity index (χ0n) is 8.31. The Bertz CT molecular complexity index is 451. The van der Waals surface area contributed by atoms with Crippen LogP contribution in [0.4, 0.5) is 0 Å². The van der Waals surface area contributed by atoms with Crippen LogP contribution in [0.25, 0.3) is 11.3 Å². The second kappa shape index (κ2) is 3.88. The van der Waals surface area contributed by atoms with E-state index in [9.17, 15) is 0 Å². The molecule has 76 valence electrons. The first-order chi connectivity index (χ1) is 7.18. The molecule has 0 bridgehead atoms. The topological polar surface area (TPSA) is 69.1 Å². The molecule has 0 saturated carbocycles. The zero-order valence-corrected chi connectivity index (χ0v) is 8.31. The quantitative estimate of drug-likeness (QED) is 0.603. The number of hydrogen-bond donors (Lipinski definition) is 3. The fourth-order valence-corrected chi connectivity index (χ4v) is 1.44. The highest BCUT2D eigenvalue weighted by atomic mass is 16.4. The Hall–Kier alpha value is -1.59. The number of aromatic nitrogens is 2. The van der Waals surface area contributed by atoms with Gasteiger partial charge in [-0.1, -0.05) is 29.8 Å². The van der Waals surface area contributed by atoms with Gasteiger partial charge in [0, 0.05) is 11.7 Å². The number of nitrogens with one attached hydrogen (secondary N) is 1. The molecule has 0 radical (unpaired) electrons. The van der Waals surface area contributed by atoms with Gasteiger partial charge in [0.2, 0.25) is 0 Å². The number of H-pyrrole nitrogens is 1. The molecule has 0 aliphatic carbocycles. The predicted octanol–water partition coefficient (Wildman–Crippen LogP) is 0.0649. The van der Waals surface area contributed by atoms with Crippen molar-refractivity contribution in [2.75, 3.05) is 0 Å². The number of benzene rings is 1. The lowest BCUT2D eigenvalue weighted by atomic mass is 9.79. The Morgan fingerprint density at radius 2 is 1.87 bits per heavy atom. The van der Waals surface area contributed by atoms with Gasteiger partial charge in [0.05, 0.1) is 5.69 Å². The Balaban J connectivity index is 2.45. The van der Waals surface area contributed by atoms with Crippen molar-refractivity contribution in [2.45, 2.75) is 6.92 Å². The van der Waals surface area contributed by atoms with Crippen molar-refractivity contribution in [3.8, 4) is 11.3 Å². The summed E-state index contributed by atoms with van der Waals surface area (Å²) in [4.78, 5) is 0. The van der Waals surface area contributed by atoms with Crippen molar-refractivity contribution >= 4 is 12.6 Å². The fraction of sp³-hybridized carbons (Fsp3) is 0.100. The fourth-order valence-electron chi connectivity index (χ4n) is 1.44. The highest BCUT2D eigenvalue weighted by molar-refractivity contribution is 6.60. The molecule has 0 fully saturated rings. The highest BCUT2D eigenvalue weighted by Gasteiger charge is 2.18.